The smallest absolute Gasteiger partial charge is 0.197 e. The van der Waals surface area contributed by atoms with E-state index in [2.05, 4.69) is 0 Å². The predicted molar refractivity (Wildman–Crippen MR) is 56.2 cm³/mol. The van der Waals surface area contributed by atoms with Gasteiger partial charge in [-0.3, -0.25) is 9.36 Å². The normalized spacial score (nSPS) is 11.3. The number of hydrogen-bond donors (Lipinski definition) is 0. The second-order valence-electron chi connectivity index (χ2n) is 3.31. The van der Waals surface area contributed by atoms with E-state index in [1.165, 1.54) is 13.3 Å². The molecule has 0 saturated carbocycles. The van der Waals surface area contributed by atoms with E-state index in [1.54, 1.807) is 24.3 Å². The van der Waals surface area contributed by atoms with Gasteiger partial charge in [0.2, 0.25) is 0 Å². The number of benzene rings is 1. The molecule has 0 saturated heterocycles. The zero-order chi connectivity index (χ0) is 10.6. The van der Waals surface area contributed by atoms with E-state index in [-0.39, 0.29) is 12.4 Å². The van der Waals surface area contributed by atoms with Crippen LogP contribution in [0.3, 0.4) is 0 Å². The van der Waals surface area contributed by atoms with E-state index in [0.29, 0.717) is 5.56 Å². The Labute approximate surface area is 83.5 Å². The van der Waals surface area contributed by atoms with Gasteiger partial charge in [0, 0.05) is 18.9 Å². The highest BCUT2D eigenvalue weighted by Crippen LogP contribution is 2.36. The van der Waals surface area contributed by atoms with E-state index in [1.807, 2.05) is 6.07 Å². The van der Waals surface area contributed by atoms with Crippen LogP contribution in [0.4, 0.5) is 0 Å². The van der Waals surface area contributed by atoms with E-state index in [9.17, 15) is 9.36 Å². The molecule has 0 aliphatic rings. The lowest BCUT2D eigenvalue weighted by Gasteiger charge is -2.06. The summed E-state index contributed by atoms with van der Waals surface area (Å²) in [5.74, 6) is -0.144. The first-order valence-electron chi connectivity index (χ1n) is 4.27. The van der Waals surface area contributed by atoms with Crippen LogP contribution in [0, 0.1) is 0 Å². The molecule has 4 heteroatoms. The summed E-state index contributed by atoms with van der Waals surface area (Å²) in [5.41, 5.74) is 0.584. The highest BCUT2D eigenvalue weighted by Gasteiger charge is 2.11. The Hall–Kier alpha value is -0.920. The van der Waals surface area contributed by atoms with Gasteiger partial charge in [0.05, 0.1) is 0 Å². The van der Waals surface area contributed by atoms with Gasteiger partial charge in [0.15, 0.2) is 13.2 Å². The standard InChI is InChI=1S/C10H13O3P/c1-14(2,12)13-8-10(11)9-6-4-3-5-7-9/h3-7H,8H2,1-2H3. The Balaban J connectivity index is 2.57. The molecule has 0 aliphatic carbocycles. The monoisotopic (exact) mass is 212 g/mol. The maximum Gasteiger partial charge on any atom is 0.197 e. The Bertz CT molecular complexity index is 353. The van der Waals surface area contributed by atoms with Crippen molar-refractivity contribution in [3.05, 3.63) is 35.9 Å². The summed E-state index contributed by atoms with van der Waals surface area (Å²) in [6, 6.07) is 8.82. The summed E-state index contributed by atoms with van der Waals surface area (Å²) >= 11 is 0. The molecule has 0 atom stereocenters. The van der Waals surface area contributed by atoms with Gasteiger partial charge in [-0.05, 0) is 0 Å². The molecule has 0 heterocycles. The Kier molecular flexibility index (Phi) is 3.62. The third kappa shape index (κ3) is 3.86. The van der Waals surface area contributed by atoms with Crippen LogP contribution in [0.5, 0.6) is 0 Å². The van der Waals surface area contributed by atoms with Crippen LogP contribution in [-0.4, -0.2) is 25.7 Å². The Morgan fingerprint density at radius 1 is 1.29 bits per heavy atom. The molecule has 0 radical (unpaired) electrons. The Morgan fingerprint density at radius 3 is 2.36 bits per heavy atom. The van der Waals surface area contributed by atoms with Crippen molar-refractivity contribution in [1.29, 1.82) is 0 Å². The molecule has 0 unspecified atom stereocenters. The van der Waals surface area contributed by atoms with Crippen molar-refractivity contribution in [3.63, 3.8) is 0 Å². The van der Waals surface area contributed by atoms with Gasteiger partial charge in [0.25, 0.3) is 0 Å². The zero-order valence-corrected chi connectivity index (χ0v) is 9.16. The van der Waals surface area contributed by atoms with Crippen molar-refractivity contribution >= 4 is 13.2 Å². The summed E-state index contributed by atoms with van der Waals surface area (Å²) in [5, 5.41) is 0. The van der Waals surface area contributed by atoms with Crippen molar-refractivity contribution in [1.82, 2.24) is 0 Å². The second kappa shape index (κ2) is 4.54. The van der Waals surface area contributed by atoms with E-state index >= 15 is 0 Å². The number of ketones is 1. The van der Waals surface area contributed by atoms with Crippen LogP contribution in [0.25, 0.3) is 0 Å². The maximum atomic E-state index is 11.4. The third-order valence-corrected chi connectivity index (χ3v) is 2.35. The molecule has 0 amide bonds. The minimum Gasteiger partial charge on any atom is -0.320 e. The molecule has 0 aliphatic heterocycles. The third-order valence-electron chi connectivity index (χ3n) is 1.60. The van der Waals surface area contributed by atoms with E-state index in [4.69, 9.17) is 4.52 Å². The molecule has 0 N–H and O–H groups in total. The first-order chi connectivity index (χ1) is 6.49. The number of carbonyl (C=O) groups excluding carboxylic acids is 1. The summed E-state index contributed by atoms with van der Waals surface area (Å²) in [7, 11) is -2.56. The molecule has 0 aromatic heterocycles. The average molecular weight is 212 g/mol. The SMILES string of the molecule is CP(C)(=O)OCC(=O)c1ccccc1. The first kappa shape index (κ1) is 11.2. The highest BCUT2D eigenvalue weighted by molar-refractivity contribution is 7.57. The fourth-order valence-corrected chi connectivity index (χ4v) is 1.35. The zero-order valence-electron chi connectivity index (χ0n) is 8.27. The molecule has 1 aromatic rings. The molecule has 76 valence electrons. The first-order valence-corrected chi connectivity index (χ1v) is 6.79. The van der Waals surface area contributed by atoms with Crippen LogP contribution >= 0.6 is 7.37 Å². The van der Waals surface area contributed by atoms with E-state index < -0.39 is 7.37 Å². The molecule has 14 heavy (non-hydrogen) atoms. The lowest BCUT2D eigenvalue weighted by Crippen LogP contribution is -2.07. The van der Waals surface area contributed by atoms with Crippen molar-refractivity contribution in [2.24, 2.45) is 0 Å². The van der Waals surface area contributed by atoms with Gasteiger partial charge in [-0.2, -0.15) is 0 Å². The van der Waals surface area contributed by atoms with Crippen molar-refractivity contribution in [3.8, 4) is 0 Å². The molecular weight excluding hydrogens is 199 g/mol. The minimum atomic E-state index is -2.56. The largest absolute Gasteiger partial charge is 0.320 e. The number of hydrogen-bond acceptors (Lipinski definition) is 3. The van der Waals surface area contributed by atoms with Gasteiger partial charge in [-0.25, -0.2) is 0 Å². The van der Waals surface area contributed by atoms with Crippen LogP contribution in [0.15, 0.2) is 30.3 Å². The maximum absolute atomic E-state index is 11.4. The van der Waals surface area contributed by atoms with Gasteiger partial charge in [-0.1, -0.05) is 30.3 Å². The fraction of sp³-hybridized carbons (Fsp3) is 0.300. The van der Waals surface area contributed by atoms with Gasteiger partial charge < -0.3 is 4.52 Å². The highest BCUT2D eigenvalue weighted by atomic mass is 31.2. The number of Topliss-reactive ketones (excluding diaryl/α,β-unsaturated/α-hetero) is 1. The quantitative estimate of drug-likeness (QED) is 0.568. The summed E-state index contributed by atoms with van der Waals surface area (Å²) in [4.78, 5) is 11.4. The fourth-order valence-electron chi connectivity index (χ4n) is 0.921. The van der Waals surface area contributed by atoms with Crippen LogP contribution < -0.4 is 0 Å². The molecule has 3 nitrogen and oxygen atoms in total. The summed E-state index contributed by atoms with van der Waals surface area (Å²) in [6.07, 6.45) is 0. The number of rotatable bonds is 4. The van der Waals surface area contributed by atoms with Crippen molar-refractivity contribution in [2.75, 3.05) is 19.9 Å². The lowest BCUT2D eigenvalue weighted by atomic mass is 10.1. The van der Waals surface area contributed by atoms with E-state index in [0.717, 1.165) is 0 Å². The summed E-state index contributed by atoms with van der Waals surface area (Å²) < 4.78 is 16.1. The second-order valence-corrected chi connectivity index (χ2v) is 6.08. The molecule has 0 bridgehead atoms. The van der Waals surface area contributed by atoms with Crippen molar-refractivity contribution < 1.29 is 13.9 Å². The molecule has 1 aromatic carbocycles. The summed E-state index contributed by atoms with van der Waals surface area (Å²) in [6.45, 7) is 2.87. The lowest BCUT2D eigenvalue weighted by molar-refractivity contribution is 0.0924. The average Bonchev–Trinajstić information content (AvgIpc) is 2.14. The molecule has 0 spiro atoms. The topological polar surface area (TPSA) is 43.4 Å². The van der Waals surface area contributed by atoms with Gasteiger partial charge in [0.1, 0.15) is 6.61 Å². The van der Waals surface area contributed by atoms with Crippen molar-refractivity contribution in [2.45, 2.75) is 0 Å². The van der Waals surface area contributed by atoms with Crippen LogP contribution in [-0.2, 0) is 9.09 Å². The minimum absolute atomic E-state index is 0.117. The van der Waals surface area contributed by atoms with Crippen LogP contribution in [0.1, 0.15) is 10.4 Å². The predicted octanol–water partition coefficient (Wildman–Crippen LogP) is 2.42. The van der Waals surface area contributed by atoms with Crippen LogP contribution in [0.2, 0.25) is 0 Å². The molecule has 0 fully saturated rings. The Morgan fingerprint density at radius 2 is 1.86 bits per heavy atom. The van der Waals surface area contributed by atoms with Gasteiger partial charge in [-0.15, -0.1) is 0 Å². The van der Waals surface area contributed by atoms with Gasteiger partial charge >= 0.3 is 0 Å². The molecular formula is C10H13O3P. The molecule has 1 rings (SSSR count). The number of carbonyl (C=O) groups is 1.